The minimum absolute atomic E-state index is 0.703. The number of rotatable bonds is 4. The molecule has 1 aromatic carbocycles. The van der Waals surface area contributed by atoms with Crippen LogP contribution in [0.5, 0.6) is 0 Å². The van der Waals surface area contributed by atoms with Crippen LogP contribution < -0.4 is 0 Å². The topological polar surface area (TPSA) is 56.3 Å². The zero-order chi connectivity index (χ0) is 14.8. The lowest BCUT2D eigenvalue weighted by atomic mass is 10.1. The van der Waals surface area contributed by atoms with E-state index in [1.54, 1.807) is 0 Å². The summed E-state index contributed by atoms with van der Waals surface area (Å²) in [5.74, 6) is 1.76. The molecule has 2 heterocycles. The highest BCUT2D eigenvalue weighted by molar-refractivity contribution is 5.33. The Labute approximate surface area is 124 Å². The van der Waals surface area contributed by atoms with Gasteiger partial charge < -0.3 is 9.32 Å². The maximum atomic E-state index is 8.94. The maximum absolute atomic E-state index is 8.94. The van der Waals surface area contributed by atoms with E-state index in [-0.39, 0.29) is 0 Å². The normalized spacial score (nSPS) is 14.4. The highest BCUT2D eigenvalue weighted by Crippen LogP contribution is 2.25. The van der Waals surface area contributed by atoms with Crippen molar-refractivity contribution in [1.82, 2.24) is 14.8 Å². The van der Waals surface area contributed by atoms with Gasteiger partial charge in [-0.3, -0.25) is 4.90 Å². The molecule has 108 valence electrons. The van der Waals surface area contributed by atoms with E-state index >= 15 is 0 Å². The average Bonchev–Trinajstić information content (AvgIpc) is 2.95. The summed E-state index contributed by atoms with van der Waals surface area (Å²) in [6.07, 6.45) is 0. The molecule has 5 heteroatoms. The fourth-order valence-corrected chi connectivity index (χ4v) is 2.60. The first-order chi connectivity index (χ1) is 10.1. The predicted octanol–water partition coefficient (Wildman–Crippen LogP) is 2.12. The smallest absolute Gasteiger partial charge is 0.208 e. The van der Waals surface area contributed by atoms with Gasteiger partial charge in [-0.05, 0) is 31.8 Å². The van der Waals surface area contributed by atoms with Crippen molar-refractivity contribution in [2.45, 2.75) is 26.2 Å². The summed E-state index contributed by atoms with van der Waals surface area (Å²) in [6.45, 7) is 3.14. The molecule has 1 aliphatic heterocycles. The van der Waals surface area contributed by atoms with Crippen LogP contribution in [0.2, 0.25) is 0 Å². The first kappa shape index (κ1) is 13.8. The Balaban J connectivity index is 1.65. The Bertz CT molecular complexity index is 660. The van der Waals surface area contributed by atoms with Gasteiger partial charge >= 0.3 is 0 Å². The van der Waals surface area contributed by atoms with Crippen LogP contribution in [0.15, 0.2) is 28.7 Å². The summed E-state index contributed by atoms with van der Waals surface area (Å²) in [5.41, 5.74) is 2.89. The van der Waals surface area contributed by atoms with Crippen LogP contribution in [0.25, 0.3) is 0 Å². The molecular formula is C16H18N4O. The van der Waals surface area contributed by atoms with Crippen molar-refractivity contribution >= 4 is 0 Å². The van der Waals surface area contributed by atoms with Gasteiger partial charge in [-0.15, -0.1) is 0 Å². The van der Waals surface area contributed by atoms with Gasteiger partial charge in [-0.2, -0.15) is 5.26 Å². The lowest BCUT2D eigenvalue weighted by molar-refractivity contribution is 0.246. The molecule has 0 spiro atoms. The monoisotopic (exact) mass is 282 g/mol. The summed E-state index contributed by atoms with van der Waals surface area (Å²) < 4.78 is 5.80. The fourth-order valence-electron chi connectivity index (χ4n) is 2.60. The van der Waals surface area contributed by atoms with Crippen LogP contribution in [-0.4, -0.2) is 28.9 Å². The maximum Gasteiger partial charge on any atom is 0.208 e. The van der Waals surface area contributed by atoms with Gasteiger partial charge in [0.2, 0.25) is 5.89 Å². The lowest BCUT2D eigenvalue weighted by Gasteiger charge is -2.14. The van der Waals surface area contributed by atoms with E-state index in [0.717, 1.165) is 49.1 Å². The van der Waals surface area contributed by atoms with Crippen LogP contribution in [0.1, 0.15) is 28.5 Å². The number of aromatic nitrogens is 1. The molecule has 0 bridgehead atoms. The van der Waals surface area contributed by atoms with Gasteiger partial charge in [0.25, 0.3) is 0 Å². The molecule has 0 unspecified atom stereocenters. The second kappa shape index (κ2) is 5.68. The third-order valence-corrected chi connectivity index (χ3v) is 3.48. The number of oxazole rings is 1. The first-order valence-corrected chi connectivity index (χ1v) is 6.97. The lowest BCUT2D eigenvalue weighted by Crippen LogP contribution is -2.17. The van der Waals surface area contributed by atoms with Crippen molar-refractivity contribution in [2.24, 2.45) is 0 Å². The third kappa shape index (κ3) is 3.13. The van der Waals surface area contributed by atoms with E-state index < -0.39 is 0 Å². The number of fused-ring (bicyclic) bond motifs is 1. The molecule has 1 aromatic heterocycles. The molecule has 21 heavy (non-hydrogen) atoms. The fraction of sp³-hybridized carbons (Fsp3) is 0.375. The largest absolute Gasteiger partial charge is 0.443 e. The quantitative estimate of drug-likeness (QED) is 0.859. The van der Waals surface area contributed by atoms with E-state index in [4.69, 9.17) is 9.68 Å². The van der Waals surface area contributed by atoms with Crippen molar-refractivity contribution in [1.29, 1.82) is 5.26 Å². The van der Waals surface area contributed by atoms with Crippen molar-refractivity contribution in [3.8, 4) is 6.07 Å². The van der Waals surface area contributed by atoms with Gasteiger partial charge in [0.15, 0.2) is 0 Å². The number of benzene rings is 1. The van der Waals surface area contributed by atoms with E-state index in [1.165, 1.54) is 0 Å². The molecule has 0 saturated heterocycles. The zero-order valence-corrected chi connectivity index (χ0v) is 12.3. The molecule has 0 N–H and O–H groups in total. The van der Waals surface area contributed by atoms with Gasteiger partial charge in [-0.25, -0.2) is 4.98 Å². The van der Waals surface area contributed by atoms with E-state index in [9.17, 15) is 0 Å². The van der Waals surface area contributed by atoms with E-state index in [2.05, 4.69) is 16.0 Å². The molecule has 2 aromatic rings. The van der Waals surface area contributed by atoms with Crippen LogP contribution in [0, 0.1) is 11.3 Å². The van der Waals surface area contributed by atoms with Gasteiger partial charge in [-0.1, -0.05) is 12.1 Å². The Morgan fingerprint density at radius 2 is 2.24 bits per heavy atom. The number of nitrogens with zero attached hydrogens (tertiary/aromatic N) is 4. The van der Waals surface area contributed by atoms with Crippen molar-refractivity contribution < 1.29 is 4.42 Å². The predicted molar refractivity (Wildman–Crippen MR) is 78.0 cm³/mol. The van der Waals surface area contributed by atoms with Crippen molar-refractivity contribution in [2.75, 3.05) is 14.1 Å². The minimum atomic E-state index is 0.703. The molecule has 0 radical (unpaired) electrons. The zero-order valence-electron chi connectivity index (χ0n) is 12.3. The minimum Gasteiger partial charge on any atom is -0.443 e. The Kier molecular flexibility index (Phi) is 3.74. The summed E-state index contributed by atoms with van der Waals surface area (Å²) in [4.78, 5) is 8.88. The molecule has 0 fully saturated rings. The van der Waals surface area contributed by atoms with Crippen molar-refractivity contribution in [3.05, 3.63) is 52.7 Å². The molecule has 0 atom stereocenters. The van der Waals surface area contributed by atoms with E-state index in [1.807, 2.05) is 43.3 Å². The Morgan fingerprint density at radius 3 is 2.95 bits per heavy atom. The number of hydrogen-bond donors (Lipinski definition) is 0. The molecule has 1 aliphatic rings. The molecule has 3 rings (SSSR count). The number of hydrogen-bond acceptors (Lipinski definition) is 5. The van der Waals surface area contributed by atoms with Gasteiger partial charge in [0.1, 0.15) is 5.76 Å². The molecule has 0 amide bonds. The van der Waals surface area contributed by atoms with Crippen LogP contribution >= 0.6 is 0 Å². The van der Waals surface area contributed by atoms with Crippen LogP contribution in [0.3, 0.4) is 0 Å². The molecule has 0 saturated carbocycles. The second-order valence-electron chi connectivity index (χ2n) is 5.67. The van der Waals surface area contributed by atoms with Gasteiger partial charge in [0.05, 0.1) is 30.4 Å². The highest BCUT2D eigenvalue weighted by Gasteiger charge is 2.25. The van der Waals surface area contributed by atoms with Crippen molar-refractivity contribution in [3.63, 3.8) is 0 Å². The highest BCUT2D eigenvalue weighted by atomic mass is 16.4. The van der Waals surface area contributed by atoms with Crippen LogP contribution in [-0.2, 0) is 26.2 Å². The summed E-state index contributed by atoms with van der Waals surface area (Å²) in [7, 11) is 4.01. The first-order valence-electron chi connectivity index (χ1n) is 6.97. The SMILES string of the molecule is CN(C)Cc1nc2c(o1)CN(Cc1cccc(C#N)c1)C2. The Morgan fingerprint density at radius 1 is 1.38 bits per heavy atom. The Hall–Kier alpha value is -2.16. The van der Waals surface area contributed by atoms with Gasteiger partial charge in [0, 0.05) is 13.1 Å². The summed E-state index contributed by atoms with van der Waals surface area (Å²) in [6, 6.07) is 9.91. The second-order valence-corrected chi connectivity index (χ2v) is 5.67. The molecule has 5 nitrogen and oxygen atoms in total. The van der Waals surface area contributed by atoms with Crippen LogP contribution in [0.4, 0.5) is 0 Å². The molecular weight excluding hydrogens is 264 g/mol. The summed E-state index contributed by atoms with van der Waals surface area (Å²) >= 11 is 0. The molecule has 0 aliphatic carbocycles. The third-order valence-electron chi connectivity index (χ3n) is 3.48. The standard InChI is InChI=1S/C16H18N4O/c1-19(2)11-16-18-14-9-20(10-15(14)21-16)8-13-5-3-4-12(6-13)7-17/h3-6H,8-11H2,1-2H3. The number of nitriles is 1. The average molecular weight is 282 g/mol. The van der Waals surface area contributed by atoms with E-state index in [0.29, 0.717) is 5.56 Å². The summed E-state index contributed by atoms with van der Waals surface area (Å²) in [5, 5.41) is 8.94.